The van der Waals surface area contributed by atoms with E-state index in [4.69, 9.17) is 0 Å². The topological polar surface area (TPSA) is 15.3 Å². The molecule has 1 aliphatic heterocycles. The first-order valence-electron chi connectivity index (χ1n) is 7.96. The smallest absolute Gasteiger partial charge is 0.0195 e. The second kappa shape index (κ2) is 8.16. The Bertz CT molecular complexity index is 207. The summed E-state index contributed by atoms with van der Waals surface area (Å²) in [7, 11) is 0. The van der Waals surface area contributed by atoms with E-state index < -0.39 is 0 Å². The van der Waals surface area contributed by atoms with E-state index in [1.54, 1.807) is 0 Å². The number of nitrogens with one attached hydrogen (secondary N) is 1. The van der Waals surface area contributed by atoms with E-state index in [-0.39, 0.29) is 0 Å². The molecule has 0 aromatic carbocycles. The molecule has 0 amide bonds. The molecule has 1 aliphatic rings. The van der Waals surface area contributed by atoms with Crippen LogP contribution in [0.15, 0.2) is 0 Å². The summed E-state index contributed by atoms with van der Waals surface area (Å²) >= 11 is 0. The van der Waals surface area contributed by atoms with E-state index >= 15 is 0 Å². The van der Waals surface area contributed by atoms with Crippen LogP contribution in [0.2, 0.25) is 0 Å². The number of nitrogens with zero attached hydrogens (tertiary/aromatic N) is 1. The van der Waals surface area contributed by atoms with Crippen molar-refractivity contribution in [3.05, 3.63) is 0 Å². The van der Waals surface area contributed by atoms with E-state index in [0.29, 0.717) is 0 Å². The molecule has 1 saturated heterocycles. The van der Waals surface area contributed by atoms with Crippen LogP contribution in [0.1, 0.15) is 60.3 Å². The molecule has 2 nitrogen and oxygen atoms in total. The van der Waals surface area contributed by atoms with Gasteiger partial charge in [0, 0.05) is 25.2 Å². The molecular weight excluding hydrogens is 220 g/mol. The van der Waals surface area contributed by atoms with Gasteiger partial charge in [0.25, 0.3) is 0 Å². The van der Waals surface area contributed by atoms with Crippen LogP contribution in [0.5, 0.6) is 0 Å². The van der Waals surface area contributed by atoms with Gasteiger partial charge in [0.1, 0.15) is 0 Å². The molecule has 1 heterocycles. The van der Waals surface area contributed by atoms with E-state index in [2.05, 4.69) is 44.8 Å². The Balaban J connectivity index is 2.42. The molecule has 18 heavy (non-hydrogen) atoms. The average molecular weight is 254 g/mol. The lowest BCUT2D eigenvalue weighted by molar-refractivity contribution is 0.158. The molecule has 1 N–H and O–H groups in total. The van der Waals surface area contributed by atoms with Gasteiger partial charge in [-0.1, -0.05) is 27.7 Å². The molecule has 1 fully saturated rings. The Labute approximate surface area is 115 Å². The fraction of sp³-hybridized carbons (Fsp3) is 1.00. The largest absolute Gasteiger partial charge is 0.313 e. The van der Waals surface area contributed by atoms with Crippen LogP contribution in [0, 0.1) is 11.8 Å². The van der Waals surface area contributed by atoms with Crippen molar-refractivity contribution in [2.24, 2.45) is 11.8 Å². The zero-order valence-corrected chi connectivity index (χ0v) is 13.2. The second-order valence-corrected chi connectivity index (χ2v) is 6.96. The van der Waals surface area contributed by atoms with Crippen LogP contribution in [0.3, 0.4) is 0 Å². The van der Waals surface area contributed by atoms with E-state index in [1.807, 2.05) is 0 Å². The highest BCUT2D eigenvalue weighted by molar-refractivity contribution is 4.80. The van der Waals surface area contributed by atoms with Crippen LogP contribution < -0.4 is 5.32 Å². The Morgan fingerprint density at radius 2 is 1.78 bits per heavy atom. The van der Waals surface area contributed by atoms with Crippen molar-refractivity contribution in [1.29, 1.82) is 0 Å². The molecule has 2 atom stereocenters. The Hall–Kier alpha value is -0.0800. The molecule has 0 aromatic heterocycles. The van der Waals surface area contributed by atoms with Crippen molar-refractivity contribution >= 4 is 0 Å². The molecule has 0 spiro atoms. The van der Waals surface area contributed by atoms with Crippen LogP contribution in [-0.2, 0) is 0 Å². The average Bonchev–Trinajstić information content (AvgIpc) is 2.77. The van der Waals surface area contributed by atoms with E-state index in [9.17, 15) is 0 Å². The third-order valence-electron chi connectivity index (χ3n) is 4.00. The molecule has 0 radical (unpaired) electrons. The van der Waals surface area contributed by atoms with Gasteiger partial charge in [-0.05, 0) is 51.0 Å². The minimum absolute atomic E-state index is 0.734. The maximum Gasteiger partial charge on any atom is 0.0195 e. The summed E-state index contributed by atoms with van der Waals surface area (Å²) in [6, 6.07) is 1.47. The van der Waals surface area contributed by atoms with Crippen LogP contribution in [-0.4, -0.2) is 36.6 Å². The summed E-state index contributed by atoms with van der Waals surface area (Å²) in [5, 5.41) is 3.64. The molecule has 0 bridgehead atoms. The predicted octanol–water partition coefficient (Wildman–Crippen LogP) is 3.52. The summed E-state index contributed by atoms with van der Waals surface area (Å²) in [6.07, 6.45) is 5.43. The monoisotopic (exact) mass is 254 g/mol. The van der Waals surface area contributed by atoms with E-state index in [0.717, 1.165) is 23.9 Å². The highest BCUT2D eigenvalue weighted by Crippen LogP contribution is 2.16. The fourth-order valence-electron chi connectivity index (χ4n) is 2.86. The molecule has 0 aliphatic carbocycles. The van der Waals surface area contributed by atoms with Crippen molar-refractivity contribution in [2.75, 3.05) is 19.6 Å². The predicted molar refractivity (Wildman–Crippen MR) is 81.0 cm³/mol. The lowest BCUT2D eigenvalue weighted by Gasteiger charge is -2.33. The molecule has 108 valence electrons. The van der Waals surface area contributed by atoms with E-state index in [1.165, 1.54) is 45.3 Å². The highest BCUT2D eigenvalue weighted by atomic mass is 15.2. The van der Waals surface area contributed by atoms with Gasteiger partial charge in [0.2, 0.25) is 0 Å². The molecule has 0 saturated carbocycles. The van der Waals surface area contributed by atoms with Crippen molar-refractivity contribution in [1.82, 2.24) is 10.2 Å². The highest BCUT2D eigenvalue weighted by Gasteiger charge is 2.21. The van der Waals surface area contributed by atoms with Crippen molar-refractivity contribution < 1.29 is 0 Å². The summed E-state index contributed by atoms with van der Waals surface area (Å²) < 4.78 is 0. The Morgan fingerprint density at radius 3 is 2.28 bits per heavy atom. The quantitative estimate of drug-likeness (QED) is 0.713. The third-order valence-corrected chi connectivity index (χ3v) is 4.00. The third kappa shape index (κ3) is 6.19. The van der Waals surface area contributed by atoms with Crippen molar-refractivity contribution in [3.63, 3.8) is 0 Å². The van der Waals surface area contributed by atoms with Gasteiger partial charge >= 0.3 is 0 Å². The zero-order valence-electron chi connectivity index (χ0n) is 13.2. The Kier molecular flexibility index (Phi) is 7.25. The van der Waals surface area contributed by atoms with Crippen molar-refractivity contribution in [2.45, 2.75) is 72.4 Å². The summed E-state index contributed by atoms with van der Waals surface area (Å²) in [4.78, 5) is 2.72. The first-order valence-corrected chi connectivity index (χ1v) is 7.96. The summed E-state index contributed by atoms with van der Waals surface area (Å²) in [5.41, 5.74) is 0. The lowest BCUT2D eigenvalue weighted by Crippen LogP contribution is -2.44. The van der Waals surface area contributed by atoms with Gasteiger partial charge < -0.3 is 5.32 Å². The maximum atomic E-state index is 3.64. The SMILES string of the molecule is CC(C)CCC(C)N(CC(C)C)CC1CCCN1. The van der Waals surface area contributed by atoms with Crippen LogP contribution in [0.4, 0.5) is 0 Å². The minimum atomic E-state index is 0.734. The number of rotatable bonds is 8. The number of hydrogen-bond acceptors (Lipinski definition) is 2. The van der Waals surface area contributed by atoms with Gasteiger partial charge in [-0.15, -0.1) is 0 Å². The van der Waals surface area contributed by atoms with Gasteiger partial charge in [-0.25, -0.2) is 0 Å². The molecule has 2 heteroatoms. The standard InChI is InChI=1S/C16H34N2/c1-13(2)8-9-15(5)18(11-14(3)4)12-16-7-6-10-17-16/h13-17H,6-12H2,1-5H3. The Morgan fingerprint density at radius 1 is 1.06 bits per heavy atom. The van der Waals surface area contributed by atoms with Gasteiger partial charge in [-0.2, -0.15) is 0 Å². The first-order chi connectivity index (χ1) is 8.49. The summed E-state index contributed by atoms with van der Waals surface area (Å²) in [5.74, 6) is 1.60. The van der Waals surface area contributed by atoms with Crippen LogP contribution in [0.25, 0.3) is 0 Å². The molecule has 2 unspecified atom stereocenters. The molecular formula is C16H34N2. The van der Waals surface area contributed by atoms with Gasteiger partial charge in [0.05, 0.1) is 0 Å². The normalized spacial score (nSPS) is 22.3. The lowest BCUT2D eigenvalue weighted by atomic mass is 10.0. The maximum absolute atomic E-state index is 3.64. The fourth-order valence-corrected chi connectivity index (χ4v) is 2.86. The number of hydrogen-bond donors (Lipinski definition) is 1. The first kappa shape index (κ1) is 16.0. The second-order valence-electron chi connectivity index (χ2n) is 6.96. The van der Waals surface area contributed by atoms with Crippen LogP contribution >= 0.6 is 0 Å². The summed E-state index contributed by atoms with van der Waals surface area (Å²) in [6.45, 7) is 15.5. The zero-order chi connectivity index (χ0) is 13.5. The molecule has 0 aromatic rings. The van der Waals surface area contributed by atoms with Crippen molar-refractivity contribution in [3.8, 4) is 0 Å². The van der Waals surface area contributed by atoms with Gasteiger partial charge in [0.15, 0.2) is 0 Å². The molecule has 1 rings (SSSR count). The minimum Gasteiger partial charge on any atom is -0.313 e. The van der Waals surface area contributed by atoms with Gasteiger partial charge in [-0.3, -0.25) is 4.90 Å².